The molecule has 1 aromatic heterocycles. The first-order valence-electron chi connectivity index (χ1n) is 6.65. The Morgan fingerprint density at radius 3 is 2.84 bits per heavy atom. The molecule has 1 aromatic carbocycles. The van der Waals surface area contributed by atoms with E-state index in [4.69, 9.17) is 4.74 Å². The van der Waals surface area contributed by atoms with Crippen LogP contribution in [0.1, 0.15) is 24.2 Å². The predicted molar refractivity (Wildman–Crippen MR) is 76.4 cm³/mol. The molecule has 0 aliphatic carbocycles. The number of ether oxygens (including phenoxy) is 1. The van der Waals surface area contributed by atoms with E-state index in [2.05, 4.69) is 35.4 Å². The molecular weight excluding hydrogens is 236 g/mol. The van der Waals surface area contributed by atoms with Gasteiger partial charge in [0, 0.05) is 17.2 Å². The molecule has 2 unspecified atom stereocenters. The van der Waals surface area contributed by atoms with Gasteiger partial charge in [-0.2, -0.15) is 0 Å². The number of aryl methyl sites for hydroxylation is 1. The summed E-state index contributed by atoms with van der Waals surface area (Å²) in [6.07, 6.45) is 1.89. The van der Waals surface area contributed by atoms with E-state index in [0.717, 1.165) is 23.7 Å². The number of hydrogen-bond acceptors (Lipinski definition) is 3. The zero-order chi connectivity index (χ0) is 13.2. The molecule has 3 nitrogen and oxygen atoms in total. The largest absolute Gasteiger partial charge is 0.493 e. The van der Waals surface area contributed by atoms with Crippen LogP contribution in [0.2, 0.25) is 0 Å². The van der Waals surface area contributed by atoms with Gasteiger partial charge in [0.25, 0.3) is 0 Å². The molecule has 1 aliphatic heterocycles. The highest BCUT2D eigenvalue weighted by atomic mass is 16.5. The lowest BCUT2D eigenvalue weighted by atomic mass is 9.92. The number of pyridine rings is 1. The number of aromatic nitrogens is 1. The molecule has 2 aromatic rings. The molecule has 2 heterocycles. The zero-order valence-corrected chi connectivity index (χ0v) is 11.3. The quantitative estimate of drug-likeness (QED) is 0.889. The van der Waals surface area contributed by atoms with Gasteiger partial charge in [-0.25, -0.2) is 0 Å². The van der Waals surface area contributed by atoms with E-state index in [1.54, 1.807) is 0 Å². The molecule has 0 bridgehead atoms. The van der Waals surface area contributed by atoms with Crippen LogP contribution in [-0.4, -0.2) is 11.6 Å². The second-order valence-corrected chi connectivity index (χ2v) is 5.14. The summed E-state index contributed by atoms with van der Waals surface area (Å²) in [5, 5.41) is 3.57. The molecule has 19 heavy (non-hydrogen) atoms. The average molecular weight is 254 g/mol. The molecule has 0 spiro atoms. The third-order valence-corrected chi connectivity index (χ3v) is 3.56. The minimum absolute atomic E-state index is 0.273. The fraction of sp³-hybridized carbons (Fsp3) is 0.312. The predicted octanol–water partition coefficient (Wildman–Crippen LogP) is 3.57. The molecule has 1 N–H and O–H groups in total. The van der Waals surface area contributed by atoms with Gasteiger partial charge in [-0.15, -0.1) is 0 Å². The van der Waals surface area contributed by atoms with Crippen LogP contribution < -0.4 is 10.1 Å². The summed E-state index contributed by atoms with van der Waals surface area (Å²) < 4.78 is 5.77. The van der Waals surface area contributed by atoms with E-state index in [-0.39, 0.29) is 6.04 Å². The molecule has 3 rings (SSSR count). The fourth-order valence-corrected chi connectivity index (χ4v) is 2.45. The SMILES string of the molecule is Cc1ccc(NC2c3ccccc3OCC2C)cn1. The molecule has 0 fully saturated rings. The lowest BCUT2D eigenvalue weighted by Gasteiger charge is -2.32. The van der Waals surface area contributed by atoms with Gasteiger partial charge in [-0.3, -0.25) is 4.98 Å². The van der Waals surface area contributed by atoms with Gasteiger partial charge in [-0.05, 0) is 25.1 Å². The topological polar surface area (TPSA) is 34.1 Å². The van der Waals surface area contributed by atoms with Gasteiger partial charge in [0.05, 0.1) is 24.5 Å². The molecule has 1 aliphatic rings. The van der Waals surface area contributed by atoms with Crippen molar-refractivity contribution in [2.24, 2.45) is 5.92 Å². The Morgan fingerprint density at radius 2 is 2.05 bits per heavy atom. The number of fused-ring (bicyclic) bond motifs is 1. The molecule has 0 saturated heterocycles. The highest BCUT2D eigenvalue weighted by molar-refractivity contribution is 5.48. The first-order valence-corrected chi connectivity index (χ1v) is 6.65. The Kier molecular flexibility index (Phi) is 3.11. The summed E-state index contributed by atoms with van der Waals surface area (Å²) in [6.45, 7) is 4.94. The number of para-hydroxylation sites is 1. The molecule has 2 atom stereocenters. The van der Waals surface area contributed by atoms with Crippen LogP contribution >= 0.6 is 0 Å². The van der Waals surface area contributed by atoms with Gasteiger partial charge in [0.1, 0.15) is 5.75 Å². The zero-order valence-electron chi connectivity index (χ0n) is 11.3. The van der Waals surface area contributed by atoms with E-state index in [1.807, 2.05) is 31.3 Å². The lowest BCUT2D eigenvalue weighted by Crippen LogP contribution is -2.28. The second-order valence-electron chi connectivity index (χ2n) is 5.14. The van der Waals surface area contributed by atoms with Crippen molar-refractivity contribution in [3.05, 3.63) is 53.9 Å². The fourth-order valence-electron chi connectivity index (χ4n) is 2.45. The van der Waals surface area contributed by atoms with Crippen molar-refractivity contribution in [1.29, 1.82) is 0 Å². The van der Waals surface area contributed by atoms with Crippen molar-refractivity contribution in [2.75, 3.05) is 11.9 Å². The number of anilines is 1. The van der Waals surface area contributed by atoms with Crippen molar-refractivity contribution in [1.82, 2.24) is 4.98 Å². The Bertz CT molecular complexity index is 565. The molecular formula is C16H18N2O. The summed E-state index contributed by atoms with van der Waals surface area (Å²) in [5.74, 6) is 1.41. The summed E-state index contributed by atoms with van der Waals surface area (Å²) in [6, 6.07) is 12.6. The van der Waals surface area contributed by atoms with E-state index >= 15 is 0 Å². The van der Waals surface area contributed by atoms with Crippen molar-refractivity contribution in [3.63, 3.8) is 0 Å². The smallest absolute Gasteiger partial charge is 0.124 e. The third-order valence-electron chi connectivity index (χ3n) is 3.56. The molecule has 3 heteroatoms. The van der Waals surface area contributed by atoms with Gasteiger partial charge >= 0.3 is 0 Å². The normalized spacial score (nSPS) is 21.4. The summed E-state index contributed by atoms with van der Waals surface area (Å²) >= 11 is 0. The average Bonchev–Trinajstić information content (AvgIpc) is 2.44. The lowest BCUT2D eigenvalue weighted by molar-refractivity contribution is 0.214. The van der Waals surface area contributed by atoms with E-state index in [0.29, 0.717) is 5.92 Å². The highest BCUT2D eigenvalue weighted by Crippen LogP contribution is 2.37. The monoisotopic (exact) mass is 254 g/mol. The Morgan fingerprint density at radius 1 is 1.21 bits per heavy atom. The highest BCUT2D eigenvalue weighted by Gasteiger charge is 2.27. The minimum Gasteiger partial charge on any atom is -0.493 e. The maximum Gasteiger partial charge on any atom is 0.124 e. The number of nitrogens with zero attached hydrogens (tertiary/aromatic N) is 1. The standard InChI is InChI=1S/C16H18N2O/c1-11-10-19-15-6-4-3-5-14(15)16(11)18-13-8-7-12(2)17-9-13/h3-9,11,16,18H,10H2,1-2H3. The number of nitrogens with one attached hydrogen (secondary N) is 1. The van der Waals surface area contributed by atoms with Gasteiger partial charge in [0.2, 0.25) is 0 Å². The first kappa shape index (κ1) is 12.0. The van der Waals surface area contributed by atoms with Gasteiger partial charge < -0.3 is 10.1 Å². The molecule has 0 radical (unpaired) electrons. The summed E-state index contributed by atoms with van der Waals surface area (Å²) in [4.78, 5) is 4.33. The molecule has 0 saturated carbocycles. The summed E-state index contributed by atoms with van der Waals surface area (Å²) in [5.41, 5.74) is 3.31. The number of benzene rings is 1. The van der Waals surface area contributed by atoms with Crippen LogP contribution in [0.5, 0.6) is 5.75 Å². The number of hydrogen-bond donors (Lipinski definition) is 1. The van der Waals surface area contributed by atoms with Crippen molar-refractivity contribution in [3.8, 4) is 5.75 Å². The van der Waals surface area contributed by atoms with Crippen LogP contribution in [0, 0.1) is 12.8 Å². The van der Waals surface area contributed by atoms with E-state index in [9.17, 15) is 0 Å². The Labute approximate surface area is 113 Å². The van der Waals surface area contributed by atoms with E-state index < -0.39 is 0 Å². The van der Waals surface area contributed by atoms with Crippen LogP contribution in [0.4, 0.5) is 5.69 Å². The molecule has 98 valence electrons. The van der Waals surface area contributed by atoms with Crippen molar-refractivity contribution >= 4 is 5.69 Å². The number of rotatable bonds is 2. The second kappa shape index (κ2) is 4.92. The van der Waals surface area contributed by atoms with E-state index in [1.165, 1.54) is 5.56 Å². The Balaban J connectivity index is 1.89. The maximum absolute atomic E-state index is 5.77. The Hall–Kier alpha value is -2.03. The van der Waals surface area contributed by atoms with Crippen LogP contribution in [0.15, 0.2) is 42.6 Å². The minimum atomic E-state index is 0.273. The van der Waals surface area contributed by atoms with Crippen LogP contribution in [0.25, 0.3) is 0 Å². The third kappa shape index (κ3) is 2.41. The maximum atomic E-state index is 5.77. The first-order chi connectivity index (χ1) is 9.24. The van der Waals surface area contributed by atoms with Crippen molar-refractivity contribution < 1.29 is 4.74 Å². The van der Waals surface area contributed by atoms with Gasteiger partial charge in [-0.1, -0.05) is 25.1 Å². The summed E-state index contributed by atoms with van der Waals surface area (Å²) in [7, 11) is 0. The van der Waals surface area contributed by atoms with Crippen LogP contribution in [0.3, 0.4) is 0 Å². The molecule has 0 amide bonds. The van der Waals surface area contributed by atoms with Gasteiger partial charge in [0.15, 0.2) is 0 Å². The van der Waals surface area contributed by atoms with Crippen LogP contribution in [-0.2, 0) is 0 Å². The van der Waals surface area contributed by atoms with Crippen molar-refractivity contribution in [2.45, 2.75) is 19.9 Å².